The summed E-state index contributed by atoms with van der Waals surface area (Å²) in [6.45, 7) is 7.20. The van der Waals surface area contributed by atoms with Crippen molar-refractivity contribution < 1.29 is 0 Å². The van der Waals surface area contributed by atoms with E-state index < -0.39 is 0 Å². The van der Waals surface area contributed by atoms with E-state index in [1.54, 1.807) is 0 Å². The average Bonchev–Trinajstić information content (AvgIpc) is 2.86. The zero-order chi connectivity index (χ0) is 15.7. The zero-order valence-corrected chi connectivity index (χ0v) is 13.5. The van der Waals surface area contributed by atoms with Gasteiger partial charge in [0.15, 0.2) is 0 Å². The topological polar surface area (TPSA) is 43.8 Å². The summed E-state index contributed by atoms with van der Waals surface area (Å²) in [6, 6.07) is 16.9. The van der Waals surface area contributed by atoms with Gasteiger partial charge in [-0.05, 0) is 36.1 Å². The Balaban J connectivity index is 2.12. The summed E-state index contributed by atoms with van der Waals surface area (Å²) >= 11 is 0. The van der Waals surface area contributed by atoms with Crippen molar-refractivity contribution in [3.05, 3.63) is 65.5 Å². The molecule has 3 heteroatoms. The number of imidazole rings is 1. The molecule has 0 saturated carbocycles. The lowest BCUT2D eigenvalue weighted by molar-refractivity contribution is 0.664. The molecule has 3 aromatic rings. The molecule has 0 fully saturated rings. The fourth-order valence-corrected chi connectivity index (χ4v) is 2.80. The second-order valence-corrected chi connectivity index (χ2v) is 6.23. The first-order chi connectivity index (χ1) is 10.6. The fourth-order valence-electron chi connectivity index (χ4n) is 2.80. The van der Waals surface area contributed by atoms with Gasteiger partial charge in [-0.3, -0.25) is 0 Å². The standard InChI is InChI=1S/C19H23N3/c1-13(2)16-9-10-18-17(11-16)21-19(14(3)20)22(18)12-15-7-5-4-6-8-15/h4-11,13-14H,12,20H2,1-3H3. The van der Waals surface area contributed by atoms with Crippen molar-refractivity contribution in [2.45, 2.75) is 39.3 Å². The third-order valence-corrected chi connectivity index (χ3v) is 4.06. The molecule has 1 atom stereocenters. The van der Waals surface area contributed by atoms with Crippen LogP contribution in [0.4, 0.5) is 0 Å². The molecule has 0 amide bonds. The highest BCUT2D eigenvalue weighted by atomic mass is 15.1. The Morgan fingerprint density at radius 2 is 1.77 bits per heavy atom. The van der Waals surface area contributed by atoms with Crippen molar-refractivity contribution in [2.24, 2.45) is 5.73 Å². The van der Waals surface area contributed by atoms with Crippen molar-refractivity contribution in [1.29, 1.82) is 0 Å². The van der Waals surface area contributed by atoms with Gasteiger partial charge in [-0.2, -0.15) is 0 Å². The van der Waals surface area contributed by atoms with E-state index in [0.29, 0.717) is 5.92 Å². The Hall–Kier alpha value is -2.13. The molecule has 0 aliphatic carbocycles. The molecule has 0 aliphatic rings. The summed E-state index contributed by atoms with van der Waals surface area (Å²) in [7, 11) is 0. The maximum absolute atomic E-state index is 6.15. The van der Waals surface area contributed by atoms with E-state index in [2.05, 4.69) is 60.9 Å². The average molecular weight is 293 g/mol. The molecule has 1 heterocycles. The Kier molecular flexibility index (Phi) is 3.99. The van der Waals surface area contributed by atoms with E-state index in [9.17, 15) is 0 Å². The molecule has 0 saturated heterocycles. The Morgan fingerprint density at radius 3 is 2.41 bits per heavy atom. The Labute approximate surface area is 131 Å². The van der Waals surface area contributed by atoms with Gasteiger partial charge in [0.25, 0.3) is 0 Å². The van der Waals surface area contributed by atoms with Gasteiger partial charge in [0.2, 0.25) is 0 Å². The predicted octanol–water partition coefficient (Wildman–Crippen LogP) is 4.23. The maximum Gasteiger partial charge on any atom is 0.126 e. The summed E-state index contributed by atoms with van der Waals surface area (Å²) in [5, 5.41) is 0. The molecule has 2 aromatic carbocycles. The van der Waals surface area contributed by atoms with Crippen molar-refractivity contribution in [2.75, 3.05) is 0 Å². The lowest BCUT2D eigenvalue weighted by Crippen LogP contribution is -2.14. The fraction of sp³-hybridized carbons (Fsp3) is 0.316. The third kappa shape index (κ3) is 2.77. The number of hydrogen-bond acceptors (Lipinski definition) is 2. The summed E-state index contributed by atoms with van der Waals surface area (Å²) in [5.41, 5.74) is 10.9. The lowest BCUT2D eigenvalue weighted by Gasteiger charge is -2.12. The van der Waals surface area contributed by atoms with Gasteiger partial charge in [0.05, 0.1) is 17.1 Å². The van der Waals surface area contributed by atoms with E-state index in [4.69, 9.17) is 10.7 Å². The quantitative estimate of drug-likeness (QED) is 0.782. The zero-order valence-electron chi connectivity index (χ0n) is 13.5. The highest BCUT2D eigenvalue weighted by Gasteiger charge is 2.15. The highest BCUT2D eigenvalue weighted by Crippen LogP contribution is 2.25. The SMILES string of the molecule is CC(C)c1ccc2c(c1)nc(C(C)N)n2Cc1ccccc1. The van der Waals surface area contributed by atoms with Gasteiger partial charge < -0.3 is 10.3 Å². The van der Waals surface area contributed by atoms with E-state index in [1.807, 2.05) is 13.0 Å². The molecule has 0 aliphatic heterocycles. The molecule has 2 N–H and O–H groups in total. The van der Waals surface area contributed by atoms with Gasteiger partial charge in [-0.15, -0.1) is 0 Å². The summed E-state index contributed by atoms with van der Waals surface area (Å²) in [4.78, 5) is 4.79. The van der Waals surface area contributed by atoms with Crippen LogP contribution in [0.5, 0.6) is 0 Å². The van der Waals surface area contributed by atoms with Crippen molar-refractivity contribution >= 4 is 11.0 Å². The number of nitrogens with two attached hydrogens (primary N) is 1. The Morgan fingerprint density at radius 1 is 1.05 bits per heavy atom. The predicted molar refractivity (Wildman–Crippen MR) is 92.0 cm³/mol. The van der Waals surface area contributed by atoms with Gasteiger partial charge in [0.1, 0.15) is 5.82 Å². The number of hydrogen-bond donors (Lipinski definition) is 1. The van der Waals surface area contributed by atoms with Crippen molar-refractivity contribution in [3.63, 3.8) is 0 Å². The third-order valence-electron chi connectivity index (χ3n) is 4.06. The molecule has 1 aromatic heterocycles. The molecule has 0 bridgehead atoms. The van der Waals surface area contributed by atoms with Crippen molar-refractivity contribution in [3.8, 4) is 0 Å². The number of fused-ring (bicyclic) bond motifs is 1. The number of nitrogens with zero attached hydrogens (tertiary/aromatic N) is 2. The largest absolute Gasteiger partial charge is 0.322 e. The van der Waals surface area contributed by atoms with Crippen molar-refractivity contribution in [1.82, 2.24) is 9.55 Å². The lowest BCUT2D eigenvalue weighted by atomic mass is 10.0. The van der Waals surface area contributed by atoms with Crippen LogP contribution >= 0.6 is 0 Å². The van der Waals surface area contributed by atoms with E-state index in [0.717, 1.165) is 23.4 Å². The number of rotatable bonds is 4. The van der Waals surface area contributed by atoms with Gasteiger partial charge in [-0.1, -0.05) is 50.2 Å². The molecule has 0 spiro atoms. The molecule has 3 rings (SSSR count). The van der Waals surface area contributed by atoms with Gasteiger partial charge >= 0.3 is 0 Å². The minimum absolute atomic E-state index is 0.0846. The van der Waals surface area contributed by atoms with Crippen LogP contribution in [0.3, 0.4) is 0 Å². The molecule has 0 radical (unpaired) electrons. The van der Waals surface area contributed by atoms with Crippen LogP contribution in [-0.2, 0) is 6.54 Å². The van der Waals surface area contributed by atoms with Gasteiger partial charge in [-0.25, -0.2) is 4.98 Å². The smallest absolute Gasteiger partial charge is 0.126 e. The van der Waals surface area contributed by atoms with Crippen LogP contribution < -0.4 is 5.73 Å². The molecule has 1 unspecified atom stereocenters. The van der Waals surface area contributed by atoms with Crippen LogP contribution in [-0.4, -0.2) is 9.55 Å². The first-order valence-corrected chi connectivity index (χ1v) is 7.86. The molecule has 22 heavy (non-hydrogen) atoms. The minimum Gasteiger partial charge on any atom is -0.322 e. The van der Waals surface area contributed by atoms with Crippen LogP contribution in [0.2, 0.25) is 0 Å². The van der Waals surface area contributed by atoms with Crippen LogP contribution in [0, 0.1) is 0 Å². The number of aromatic nitrogens is 2. The summed E-state index contributed by atoms with van der Waals surface area (Å²) in [5.74, 6) is 1.45. The van der Waals surface area contributed by atoms with Crippen LogP contribution in [0.1, 0.15) is 49.7 Å². The van der Waals surface area contributed by atoms with E-state index in [-0.39, 0.29) is 6.04 Å². The second-order valence-electron chi connectivity index (χ2n) is 6.23. The first kappa shape index (κ1) is 14.8. The minimum atomic E-state index is -0.0846. The van der Waals surface area contributed by atoms with E-state index >= 15 is 0 Å². The Bertz CT molecular complexity index is 770. The molecular weight excluding hydrogens is 270 g/mol. The van der Waals surface area contributed by atoms with Crippen LogP contribution in [0.15, 0.2) is 48.5 Å². The molecular formula is C19H23N3. The normalized spacial score (nSPS) is 13.0. The molecule has 114 valence electrons. The number of benzene rings is 2. The summed E-state index contributed by atoms with van der Waals surface area (Å²) < 4.78 is 2.24. The maximum atomic E-state index is 6.15. The highest BCUT2D eigenvalue weighted by molar-refractivity contribution is 5.77. The van der Waals surface area contributed by atoms with E-state index in [1.165, 1.54) is 11.1 Å². The first-order valence-electron chi connectivity index (χ1n) is 7.86. The van der Waals surface area contributed by atoms with Crippen LogP contribution in [0.25, 0.3) is 11.0 Å². The summed E-state index contributed by atoms with van der Waals surface area (Å²) in [6.07, 6.45) is 0. The molecule has 3 nitrogen and oxygen atoms in total. The second kappa shape index (κ2) is 5.93. The monoisotopic (exact) mass is 293 g/mol. The van der Waals surface area contributed by atoms with Gasteiger partial charge in [0, 0.05) is 6.54 Å².